The summed E-state index contributed by atoms with van der Waals surface area (Å²) in [6, 6.07) is 10.5. The lowest BCUT2D eigenvalue weighted by molar-refractivity contribution is 0.0705. The fourth-order valence-electron chi connectivity index (χ4n) is 1.63. The molecule has 0 spiro atoms. The van der Waals surface area contributed by atoms with Gasteiger partial charge in [-0.15, -0.1) is 13.2 Å². The largest absolute Gasteiger partial charge is 0.374 e. The van der Waals surface area contributed by atoms with Gasteiger partial charge in [0.15, 0.2) is 0 Å². The summed E-state index contributed by atoms with van der Waals surface area (Å²) in [5.41, 5.74) is 1.36. The zero-order valence-corrected chi connectivity index (χ0v) is 9.77. The van der Waals surface area contributed by atoms with Gasteiger partial charge in [-0.25, -0.2) is 0 Å². The summed E-state index contributed by atoms with van der Waals surface area (Å²) in [6.07, 6.45) is 6.95. The van der Waals surface area contributed by atoms with Gasteiger partial charge in [0, 0.05) is 0 Å². The number of rotatable bonds is 8. The fourth-order valence-corrected chi connectivity index (χ4v) is 1.63. The molecule has 1 aromatic carbocycles. The van der Waals surface area contributed by atoms with Crippen molar-refractivity contribution < 1.29 is 4.74 Å². The lowest BCUT2D eigenvalue weighted by atomic mass is 10.1. The van der Waals surface area contributed by atoms with Gasteiger partial charge in [-0.2, -0.15) is 0 Å². The minimum absolute atomic E-state index is 0.260. The third kappa shape index (κ3) is 4.94. The molecule has 1 atom stereocenters. The third-order valence-electron chi connectivity index (χ3n) is 2.48. The van der Waals surface area contributed by atoms with Crippen LogP contribution in [0.1, 0.15) is 18.4 Å². The number of benzene rings is 1. The van der Waals surface area contributed by atoms with Gasteiger partial charge in [0.1, 0.15) is 0 Å². The lowest BCUT2D eigenvalue weighted by Gasteiger charge is -2.15. The smallest absolute Gasteiger partial charge is 0.0648 e. The highest BCUT2D eigenvalue weighted by atomic mass is 16.5. The molecule has 16 heavy (non-hydrogen) atoms. The van der Waals surface area contributed by atoms with Crippen LogP contribution in [0.4, 0.5) is 0 Å². The molecule has 1 nitrogen and oxygen atoms in total. The van der Waals surface area contributed by atoms with Crippen molar-refractivity contribution in [3.8, 4) is 0 Å². The highest BCUT2D eigenvalue weighted by Gasteiger charge is 2.06. The molecule has 0 amide bonds. The van der Waals surface area contributed by atoms with Gasteiger partial charge in [0.25, 0.3) is 0 Å². The van der Waals surface area contributed by atoms with Crippen molar-refractivity contribution in [3.05, 3.63) is 61.2 Å². The van der Waals surface area contributed by atoms with Crippen molar-refractivity contribution in [2.45, 2.75) is 25.4 Å². The summed E-state index contributed by atoms with van der Waals surface area (Å²) in [6.45, 7) is 8.04. The molecule has 0 aliphatic carbocycles. The standard InChI is InChI=1S/C15H20O/c1-3-8-15(16-13-4-2)12-11-14-9-6-5-7-10-14/h3-7,9-10,15H,1-2,8,11-13H2. The highest BCUT2D eigenvalue weighted by molar-refractivity contribution is 5.14. The van der Waals surface area contributed by atoms with Gasteiger partial charge < -0.3 is 4.74 Å². The zero-order valence-electron chi connectivity index (χ0n) is 9.77. The van der Waals surface area contributed by atoms with Crippen molar-refractivity contribution in [2.75, 3.05) is 6.61 Å². The van der Waals surface area contributed by atoms with Crippen LogP contribution in [0.15, 0.2) is 55.6 Å². The molecule has 0 aliphatic heterocycles. The summed E-state index contributed by atoms with van der Waals surface area (Å²) in [5, 5.41) is 0. The van der Waals surface area contributed by atoms with E-state index in [0.717, 1.165) is 19.3 Å². The van der Waals surface area contributed by atoms with Gasteiger partial charge in [-0.3, -0.25) is 0 Å². The van der Waals surface area contributed by atoms with Crippen molar-refractivity contribution in [2.24, 2.45) is 0 Å². The minimum Gasteiger partial charge on any atom is -0.374 e. The molecule has 1 heteroatoms. The second-order valence-electron chi connectivity index (χ2n) is 3.79. The van der Waals surface area contributed by atoms with Gasteiger partial charge in [0.05, 0.1) is 12.7 Å². The minimum atomic E-state index is 0.260. The highest BCUT2D eigenvalue weighted by Crippen LogP contribution is 2.10. The first-order valence-electron chi connectivity index (χ1n) is 5.74. The maximum Gasteiger partial charge on any atom is 0.0648 e. The Morgan fingerprint density at radius 1 is 1.12 bits per heavy atom. The van der Waals surface area contributed by atoms with Gasteiger partial charge >= 0.3 is 0 Å². The molecular formula is C15H20O. The van der Waals surface area contributed by atoms with Crippen LogP contribution in [0, 0.1) is 0 Å². The molecule has 0 bridgehead atoms. The summed E-state index contributed by atoms with van der Waals surface area (Å²) in [4.78, 5) is 0. The maximum atomic E-state index is 5.66. The van der Waals surface area contributed by atoms with Crippen molar-refractivity contribution in [3.63, 3.8) is 0 Å². The van der Waals surface area contributed by atoms with E-state index in [-0.39, 0.29) is 6.10 Å². The van der Waals surface area contributed by atoms with E-state index in [9.17, 15) is 0 Å². The predicted octanol–water partition coefficient (Wildman–Crippen LogP) is 3.77. The Labute approximate surface area is 98.5 Å². The zero-order chi connectivity index (χ0) is 11.6. The van der Waals surface area contributed by atoms with Crippen molar-refractivity contribution >= 4 is 0 Å². The van der Waals surface area contributed by atoms with Crippen LogP contribution in [-0.2, 0) is 11.2 Å². The molecule has 0 heterocycles. The molecule has 0 radical (unpaired) electrons. The van der Waals surface area contributed by atoms with E-state index in [1.165, 1.54) is 5.56 Å². The molecule has 1 unspecified atom stereocenters. The van der Waals surface area contributed by atoms with Crippen LogP contribution >= 0.6 is 0 Å². The van der Waals surface area contributed by atoms with Crippen LogP contribution in [0.25, 0.3) is 0 Å². The Morgan fingerprint density at radius 3 is 2.50 bits per heavy atom. The Bertz CT molecular complexity index is 302. The molecule has 0 saturated carbocycles. The number of hydrogen-bond donors (Lipinski definition) is 0. The molecule has 0 aliphatic rings. The van der Waals surface area contributed by atoms with Crippen LogP contribution in [0.3, 0.4) is 0 Å². The number of hydrogen-bond acceptors (Lipinski definition) is 1. The molecule has 0 aromatic heterocycles. The van der Waals surface area contributed by atoms with Crippen LogP contribution in [0.5, 0.6) is 0 Å². The first-order valence-corrected chi connectivity index (χ1v) is 5.74. The van der Waals surface area contributed by atoms with Crippen LogP contribution < -0.4 is 0 Å². The van der Waals surface area contributed by atoms with Crippen LogP contribution in [0.2, 0.25) is 0 Å². The monoisotopic (exact) mass is 216 g/mol. The second-order valence-corrected chi connectivity index (χ2v) is 3.79. The van der Waals surface area contributed by atoms with E-state index in [0.29, 0.717) is 6.61 Å². The van der Waals surface area contributed by atoms with Crippen molar-refractivity contribution in [1.82, 2.24) is 0 Å². The van der Waals surface area contributed by atoms with E-state index in [2.05, 4.69) is 37.4 Å². The molecular weight excluding hydrogens is 196 g/mol. The van der Waals surface area contributed by atoms with Crippen molar-refractivity contribution in [1.29, 1.82) is 0 Å². The average molecular weight is 216 g/mol. The van der Waals surface area contributed by atoms with E-state index in [1.807, 2.05) is 12.1 Å². The first-order chi connectivity index (χ1) is 7.86. The Morgan fingerprint density at radius 2 is 1.88 bits per heavy atom. The average Bonchev–Trinajstić information content (AvgIpc) is 2.34. The van der Waals surface area contributed by atoms with E-state index >= 15 is 0 Å². The Kier molecular flexibility index (Phi) is 6.28. The molecule has 0 fully saturated rings. The Hall–Kier alpha value is -1.34. The molecule has 0 N–H and O–H groups in total. The summed E-state index contributed by atoms with van der Waals surface area (Å²) >= 11 is 0. The third-order valence-corrected chi connectivity index (χ3v) is 2.48. The van der Waals surface area contributed by atoms with Crippen LogP contribution in [-0.4, -0.2) is 12.7 Å². The summed E-state index contributed by atoms with van der Waals surface area (Å²) < 4.78 is 5.66. The first kappa shape index (κ1) is 12.7. The molecule has 0 saturated heterocycles. The van der Waals surface area contributed by atoms with E-state index in [4.69, 9.17) is 4.74 Å². The fraction of sp³-hybridized carbons (Fsp3) is 0.333. The molecule has 86 valence electrons. The Balaban J connectivity index is 2.36. The lowest BCUT2D eigenvalue weighted by Crippen LogP contribution is -2.13. The quantitative estimate of drug-likeness (QED) is 0.601. The maximum absolute atomic E-state index is 5.66. The molecule has 1 rings (SSSR count). The van der Waals surface area contributed by atoms with Gasteiger partial charge in [-0.1, -0.05) is 42.5 Å². The number of aryl methyl sites for hydroxylation is 1. The second kappa shape index (κ2) is 7.89. The normalized spacial score (nSPS) is 12.0. The van der Waals surface area contributed by atoms with Gasteiger partial charge in [-0.05, 0) is 24.8 Å². The van der Waals surface area contributed by atoms with E-state index in [1.54, 1.807) is 6.08 Å². The van der Waals surface area contributed by atoms with E-state index < -0.39 is 0 Å². The summed E-state index contributed by atoms with van der Waals surface area (Å²) in [5.74, 6) is 0. The predicted molar refractivity (Wildman–Crippen MR) is 69.5 cm³/mol. The SMILES string of the molecule is C=CCOC(CC=C)CCc1ccccc1. The molecule has 1 aromatic rings. The van der Waals surface area contributed by atoms with Gasteiger partial charge in [0.2, 0.25) is 0 Å². The number of ether oxygens (including phenoxy) is 1. The topological polar surface area (TPSA) is 9.23 Å². The summed E-state index contributed by atoms with van der Waals surface area (Å²) in [7, 11) is 0.